The molecule has 0 aliphatic heterocycles. The highest BCUT2D eigenvalue weighted by Gasteiger charge is 2.09. The maximum absolute atomic E-state index is 10.9. The number of hydrogen-bond acceptors (Lipinski definition) is 4. The van der Waals surface area contributed by atoms with Crippen LogP contribution in [0, 0.1) is 0 Å². The predicted octanol–water partition coefficient (Wildman–Crippen LogP) is -0.0976. The lowest BCUT2D eigenvalue weighted by Crippen LogP contribution is -2.34. The van der Waals surface area contributed by atoms with E-state index in [-0.39, 0.29) is 13.2 Å². The summed E-state index contributed by atoms with van der Waals surface area (Å²) in [5.41, 5.74) is 0.305. The van der Waals surface area contributed by atoms with E-state index in [1.807, 2.05) is 0 Å². The van der Waals surface area contributed by atoms with Gasteiger partial charge in [0, 0.05) is 5.57 Å². The van der Waals surface area contributed by atoms with Crippen LogP contribution in [-0.2, 0) is 14.3 Å². The Bertz CT molecular complexity index is 225. The molecule has 0 saturated heterocycles. The first-order valence-electron chi connectivity index (χ1n) is 4.20. The number of ether oxygens (including phenoxy) is 1. The van der Waals surface area contributed by atoms with Gasteiger partial charge in [-0.3, -0.25) is 4.79 Å². The summed E-state index contributed by atoms with van der Waals surface area (Å²) in [5.74, 6) is -0.499. The standard InChI is InChI=1S/C9H15NO4/c1-7(2)9(13)14-5-4-10(6-11)8(3)12/h6,8,12H,1,4-5H2,2-3H3. The van der Waals surface area contributed by atoms with Gasteiger partial charge in [0.1, 0.15) is 12.8 Å². The molecule has 0 heterocycles. The van der Waals surface area contributed by atoms with Crippen LogP contribution in [0.25, 0.3) is 0 Å². The molecular formula is C9H15NO4. The summed E-state index contributed by atoms with van der Waals surface area (Å²) >= 11 is 0. The lowest BCUT2D eigenvalue weighted by Gasteiger charge is -2.19. The van der Waals surface area contributed by atoms with Crippen molar-refractivity contribution in [3.8, 4) is 0 Å². The lowest BCUT2D eigenvalue weighted by atomic mass is 10.4. The fraction of sp³-hybridized carbons (Fsp3) is 0.556. The van der Waals surface area contributed by atoms with Crippen molar-refractivity contribution in [1.29, 1.82) is 0 Å². The summed E-state index contributed by atoms with van der Waals surface area (Å²) in [7, 11) is 0. The van der Waals surface area contributed by atoms with E-state index in [2.05, 4.69) is 6.58 Å². The van der Waals surface area contributed by atoms with Gasteiger partial charge in [-0.1, -0.05) is 6.58 Å². The van der Waals surface area contributed by atoms with Gasteiger partial charge in [-0.15, -0.1) is 0 Å². The lowest BCUT2D eigenvalue weighted by molar-refractivity contribution is -0.142. The van der Waals surface area contributed by atoms with Crippen molar-refractivity contribution in [2.45, 2.75) is 20.1 Å². The van der Waals surface area contributed by atoms with Crippen molar-refractivity contribution in [1.82, 2.24) is 4.90 Å². The Hall–Kier alpha value is -1.36. The van der Waals surface area contributed by atoms with Gasteiger partial charge in [0.05, 0.1) is 6.54 Å². The van der Waals surface area contributed by atoms with Gasteiger partial charge in [0.2, 0.25) is 6.41 Å². The Balaban J connectivity index is 3.77. The molecule has 1 atom stereocenters. The average Bonchev–Trinajstić information content (AvgIpc) is 2.11. The molecular weight excluding hydrogens is 186 g/mol. The largest absolute Gasteiger partial charge is 0.460 e. The van der Waals surface area contributed by atoms with Crippen LogP contribution in [0.5, 0.6) is 0 Å². The molecule has 0 bridgehead atoms. The molecule has 0 aromatic rings. The minimum Gasteiger partial charge on any atom is -0.460 e. The monoisotopic (exact) mass is 201 g/mol. The summed E-state index contributed by atoms with van der Waals surface area (Å²) in [5, 5.41) is 9.02. The minimum absolute atomic E-state index is 0.0509. The predicted molar refractivity (Wildman–Crippen MR) is 50.2 cm³/mol. The van der Waals surface area contributed by atoms with E-state index in [0.717, 1.165) is 4.90 Å². The minimum atomic E-state index is -0.879. The van der Waals surface area contributed by atoms with Gasteiger partial charge in [-0.2, -0.15) is 0 Å². The molecule has 5 heteroatoms. The first-order valence-corrected chi connectivity index (χ1v) is 4.20. The van der Waals surface area contributed by atoms with Crippen molar-refractivity contribution in [3.63, 3.8) is 0 Å². The fourth-order valence-electron chi connectivity index (χ4n) is 0.695. The SMILES string of the molecule is C=C(C)C(=O)OCCN(C=O)C(C)O. The maximum Gasteiger partial charge on any atom is 0.333 e. The molecule has 0 aliphatic carbocycles. The number of carbonyl (C=O) groups excluding carboxylic acids is 2. The molecule has 1 unspecified atom stereocenters. The number of esters is 1. The van der Waals surface area contributed by atoms with Gasteiger partial charge >= 0.3 is 5.97 Å². The van der Waals surface area contributed by atoms with Gasteiger partial charge in [0.25, 0.3) is 0 Å². The molecule has 0 saturated carbocycles. The number of aliphatic hydroxyl groups excluding tert-OH is 1. The summed E-state index contributed by atoms with van der Waals surface area (Å²) in [6.45, 7) is 6.61. The number of hydrogen-bond donors (Lipinski definition) is 1. The second-order valence-corrected chi connectivity index (χ2v) is 2.89. The van der Waals surface area contributed by atoms with E-state index in [4.69, 9.17) is 9.84 Å². The van der Waals surface area contributed by atoms with Crippen molar-refractivity contribution >= 4 is 12.4 Å². The van der Waals surface area contributed by atoms with Gasteiger partial charge in [-0.25, -0.2) is 4.79 Å². The van der Waals surface area contributed by atoms with Gasteiger partial charge < -0.3 is 14.7 Å². The van der Waals surface area contributed by atoms with E-state index in [1.54, 1.807) is 0 Å². The fourth-order valence-corrected chi connectivity index (χ4v) is 0.695. The highest BCUT2D eigenvalue weighted by Crippen LogP contribution is 1.94. The van der Waals surface area contributed by atoms with Crippen LogP contribution in [0.15, 0.2) is 12.2 Å². The molecule has 0 aromatic carbocycles. The molecule has 0 rings (SSSR count). The molecule has 14 heavy (non-hydrogen) atoms. The zero-order valence-corrected chi connectivity index (χ0v) is 8.40. The highest BCUT2D eigenvalue weighted by molar-refractivity contribution is 5.86. The van der Waals surface area contributed by atoms with E-state index in [0.29, 0.717) is 12.0 Å². The first kappa shape index (κ1) is 12.6. The molecule has 80 valence electrons. The van der Waals surface area contributed by atoms with Crippen LogP contribution in [0.3, 0.4) is 0 Å². The Morgan fingerprint density at radius 3 is 2.64 bits per heavy atom. The first-order chi connectivity index (χ1) is 6.49. The third-order valence-corrected chi connectivity index (χ3v) is 1.55. The van der Waals surface area contributed by atoms with Crippen LogP contribution in [-0.4, -0.2) is 41.8 Å². The summed E-state index contributed by atoms with van der Waals surface area (Å²) in [4.78, 5) is 22.4. The maximum atomic E-state index is 10.9. The zero-order chi connectivity index (χ0) is 11.1. The Kier molecular flexibility index (Phi) is 5.55. The smallest absolute Gasteiger partial charge is 0.333 e. The van der Waals surface area contributed by atoms with E-state index in [9.17, 15) is 9.59 Å². The third kappa shape index (κ3) is 4.61. The van der Waals surface area contributed by atoms with Crippen LogP contribution in [0.2, 0.25) is 0 Å². The summed E-state index contributed by atoms with van der Waals surface area (Å²) in [6, 6.07) is 0. The average molecular weight is 201 g/mol. The highest BCUT2D eigenvalue weighted by atomic mass is 16.5. The van der Waals surface area contributed by atoms with E-state index >= 15 is 0 Å². The third-order valence-electron chi connectivity index (χ3n) is 1.55. The molecule has 0 radical (unpaired) electrons. The van der Waals surface area contributed by atoms with Crippen LogP contribution in [0.4, 0.5) is 0 Å². The van der Waals surface area contributed by atoms with Gasteiger partial charge in [0.15, 0.2) is 0 Å². The van der Waals surface area contributed by atoms with Crippen molar-refractivity contribution in [3.05, 3.63) is 12.2 Å². The van der Waals surface area contributed by atoms with E-state index < -0.39 is 12.2 Å². The molecule has 1 N–H and O–H groups in total. The van der Waals surface area contributed by atoms with Crippen LogP contribution >= 0.6 is 0 Å². The second kappa shape index (κ2) is 6.15. The molecule has 0 spiro atoms. The van der Waals surface area contributed by atoms with Crippen LogP contribution in [0.1, 0.15) is 13.8 Å². The number of nitrogens with zero attached hydrogens (tertiary/aromatic N) is 1. The number of carbonyl (C=O) groups is 2. The zero-order valence-electron chi connectivity index (χ0n) is 8.40. The summed E-state index contributed by atoms with van der Waals surface area (Å²) in [6.07, 6.45) is -0.379. The molecule has 0 aliphatic rings. The molecule has 0 aromatic heterocycles. The number of amides is 1. The number of aliphatic hydroxyl groups is 1. The Morgan fingerprint density at radius 1 is 1.71 bits per heavy atom. The normalized spacial score (nSPS) is 11.6. The van der Waals surface area contributed by atoms with Crippen LogP contribution < -0.4 is 0 Å². The van der Waals surface area contributed by atoms with Crippen molar-refractivity contribution in [2.24, 2.45) is 0 Å². The molecule has 5 nitrogen and oxygen atoms in total. The topological polar surface area (TPSA) is 66.8 Å². The summed E-state index contributed by atoms with van der Waals surface area (Å²) < 4.78 is 4.74. The van der Waals surface area contributed by atoms with Crippen molar-refractivity contribution in [2.75, 3.05) is 13.2 Å². The Morgan fingerprint density at radius 2 is 2.29 bits per heavy atom. The quantitative estimate of drug-likeness (QED) is 0.282. The second-order valence-electron chi connectivity index (χ2n) is 2.89. The Labute approximate surface area is 83.0 Å². The van der Waals surface area contributed by atoms with Crippen molar-refractivity contribution < 1.29 is 19.4 Å². The molecule has 1 amide bonds. The van der Waals surface area contributed by atoms with Gasteiger partial charge in [-0.05, 0) is 13.8 Å². The van der Waals surface area contributed by atoms with E-state index in [1.165, 1.54) is 13.8 Å². The molecule has 0 fully saturated rings. The number of rotatable bonds is 6.